The van der Waals surface area contributed by atoms with Crippen molar-refractivity contribution < 1.29 is 13.9 Å². The summed E-state index contributed by atoms with van der Waals surface area (Å²) in [6, 6.07) is 0.834. The zero-order valence-electron chi connectivity index (χ0n) is 11.5. The van der Waals surface area contributed by atoms with E-state index in [1.54, 1.807) is 7.11 Å². The molecule has 19 heavy (non-hydrogen) atoms. The molecule has 1 aliphatic heterocycles. The lowest BCUT2D eigenvalue weighted by atomic mass is 10.1. The molecule has 0 aromatic carbocycles. The first-order valence-corrected chi connectivity index (χ1v) is 6.68. The predicted octanol–water partition coefficient (Wildman–Crippen LogP) is 0.785. The third-order valence-corrected chi connectivity index (χ3v) is 3.04. The minimum atomic E-state index is 0.282. The molecule has 0 aliphatic carbocycles. The molecule has 2 atom stereocenters. The van der Waals surface area contributed by atoms with Gasteiger partial charge < -0.3 is 24.5 Å². The number of hydrogen-bond donors (Lipinski definition) is 2. The molecule has 0 bridgehead atoms. The van der Waals surface area contributed by atoms with Gasteiger partial charge in [0.15, 0.2) is 0 Å². The van der Waals surface area contributed by atoms with Crippen LogP contribution in [0.25, 0.3) is 0 Å². The number of anilines is 1. The Morgan fingerprint density at radius 1 is 1.42 bits per heavy atom. The smallest absolute Gasteiger partial charge is 0.315 e. The fraction of sp³-hybridized carbons (Fsp3) is 0.833. The van der Waals surface area contributed by atoms with E-state index < -0.39 is 0 Å². The first kappa shape index (κ1) is 14.2. The Balaban J connectivity index is 1.73. The Hall–Kier alpha value is -1.18. The molecule has 1 aromatic rings. The maximum absolute atomic E-state index is 5.52. The Bertz CT molecular complexity index is 372. The van der Waals surface area contributed by atoms with Crippen LogP contribution in [0.1, 0.15) is 25.7 Å². The molecule has 1 aliphatic rings. The van der Waals surface area contributed by atoms with Crippen molar-refractivity contribution in [3.05, 3.63) is 5.89 Å². The molecule has 2 heterocycles. The van der Waals surface area contributed by atoms with Gasteiger partial charge in [-0.1, -0.05) is 5.10 Å². The second-order valence-electron chi connectivity index (χ2n) is 4.72. The standard InChI is InChI=1S/C12H22N4O3/c1-9-7-10(3-5-18-9)14-12-16-15-11(19-12)8-13-4-6-17-2/h9-10,13H,3-8H2,1-2H3,(H,14,16). The van der Waals surface area contributed by atoms with Crippen LogP contribution >= 0.6 is 0 Å². The normalized spacial score (nSPS) is 23.5. The lowest BCUT2D eigenvalue weighted by Crippen LogP contribution is -2.32. The molecule has 108 valence electrons. The molecule has 7 nitrogen and oxygen atoms in total. The van der Waals surface area contributed by atoms with Crippen LogP contribution < -0.4 is 10.6 Å². The van der Waals surface area contributed by atoms with Gasteiger partial charge in [-0.15, -0.1) is 5.10 Å². The highest BCUT2D eigenvalue weighted by Crippen LogP contribution is 2.17. The van der Waals surface area contributed by atoms with Crippen LogP contribution in [0.4, 0.5) is 6.01 Å². The van der Waals surface area contributed by atoms with Gasteiger partial charge in [0, 0.05) is 26.3 Å². The van der Waals surface area contributed by atoms with Crippen LogP contribution in [0.2, 0.25) is 0 Å². The predicted molar refractivity (Wildman–Crippen MR) is 69.9 cm³/mol. The SMILES string of the molecule is COCCNCc1nnc(NC2CCOC(C)C2)o1. The molecule has 2 unspecified atom stereocenters. The van der Waals surface area contributed by atoms with E-state index >= 15 is 0 Å². The Kier molecular flexibility index (Phi) is 5.56. The molecular weight excluding hydrogens is 248 g/mol. The van der Waals surface area contributed by atoms with Gasteiger partial charge in [-0.25, -0.2) is 0 Å². The Morgan fingerprint density at radius 3 is 3.11 bits per heavy atom. The van der Waals surface area contributed by atoms with Crippen LogP contribution in [0, 0.1) is 0 Å². The van der Waals surface area contributed by atoms with Crippen molar-refractivity contribution in [2.24, 2.45) is 0 Å². The highest BCUT2D eigenvalue weighted by Gasteiger charge is 2.20. The van der Waals surface area contributed by atoms with Crippen molar-refractivity contribution in [1.29, 1.82) is 0 Å². The number of methoxy groups -OCH3 is 1. The molecule has 1 saturated heterocycles. The van der Waals surface area contributed by atoms with Crippen molar-refractivity contribution in [2.75, 3.05) is 32.2 Å². The summed E-state index contributed by atoms with van der Waals surface area (Å²) in [4.78, 5) is 0. The van der Waals surface area contributed by atoms with Crippen molar-refractivity contribution in [3.63, 3.8) is 0 Å². The number of rotatable bonds is 7. The second-order valence-corrected chi connectivity index (χ2v) is 4.72. The molecule has 7 heteroatoms. The monoisotopic (exact) mass is 270 g/mol. The summed E-state index contributed by atoms with van der Waals surface area (Å²) >= 11 is 0. The van der Waals surface area contributed by atoms with Gasteiger partial charge in [-0.3, -0.25) is 0 Å². The van der Waals surface area contributed by atoms with E-state index in [4.69, 9.17) is 13.9 Å². The summed E-state index contributed by atoms with van der Waals surface area (Å²) in [5.41, 5.74) is 0. The van der Waals surface area contributed by atoms with Crippen LogP contribution in [-0.2, 0) is 16.0 Å². The molecule has 0 radical (unpaired) electrons. The number of nitrogens with one attached hydrogen (secondary N) is 2. The van der Waals surface area contributed by atoms with Gasteiger partial charge in [-0.05, 0) is 19.8 Å². The van der Waals surface area contributed by atoms with E-state index in [0.29, 0.717) is 31.1 Å². The summed E-state index contributed by atoms with van der Waals surface area (Å²) < 4.78 is 16.0. The average Bonchev–Trinajstić information content (AvgIpc) is 2.82. The average molecular weight is 270 g/mol. The third kappa shape index (κ3) is 4.77. The second kappa shape index (κ2) is 7.42. The van der Waals surface area contributed by atoms with Crippen molar-refractivity contribution in [3.8, 4) is 0 Å². The Morgan fingerprint density at radius 2 is 2.32 bits per heavy atom. The molecule has 2 N–H and O–H groups in total. The largest absolute Gasteiger partial charge is 0.407 e. The van der Waals surface area contributed by atoms with Gasteiger partial charge >= 0.3 is 6.01 Å². The fourth-order valence-corrected chi connectivity index (χ4v) is 2.06. The zero-order chi connectivity index (χ0) is 13.5. The third-order valence-electron chi connectivity index (χ3n) is 3.04. The van der Waals surface area contributed by atoms with Crippen LogP contribution in [0.15, 0.2) is 4.42 Å². The Labute approximate surface area is 113 Å². The van der Waals surface area contributed by atoms with Gasteiger partial charge in [0.2, 0.25) is 5.89 Å². The van der Waals surface area contributed by atoms with Crippen molar-refractivity contribution in [2.45, 2.75) is 38.5 Å². The minimum absolute atomic E-state index is 0.282. The van der Waals surface area contributed by atoms with Gasteiger partial charge in [-0.2, -0.15) is 0 Å². The summed E-state index contributed by atoms with van der Waals surface area (Å²) in [5.74, 6) is 0.582. The number of nitrogens with zero attached hydrogens (tertiary/aromatic N) is 2. The lowest BCUT2D eigenvalue weighted by molar-refractivity contribution is 0.0229. The number of aromatic nitrogens is 2. The maximum Gasteiger partial charge on any atom is 0.315 e. The summed E-state index contributed by atoms with van der Waals surface area (Å²) in [5, 5.41) is 14.4. The summed E-state index contributed by atoms with van der Waals surface area (Å²) in [6.45, 7) is 4.84. The highest BCUT2D eigenvalue weighted by molar-refractivity contribution is 5.19. The van der Waals surface area contributed by atoms with Crippen LogP contribution in [0.3, 0.4) is 0 Å². The van der Waals surface area contributed by atoms with E-state index in [1.807, 2.05) is 0 Å². The van der Waals surface area contributed by atoms with E-state index in [2.05, 4.69) is 27.8 Å². The molecule has 1 fully saturated rings. The molecule has 0 amide bonds. The molecule has 1 aromatic heterocycles. The van der Waals surface area contributed by atoms with E-state index in [1.165, 1.54) is 0 Å². The minimum Gasteiger partial charge on any atom is -0.407 e. The molecule has 0 saturated carbocycles. The zero-order valence-corrected chi connectivity index (χ0v) is 11.5. The van der Waals surface area contributed by atoms with Gasteiger partial charge in [0.25, 0.3) is 0 Å². The number of hydrogen-bond acceptors (Lipinski definition) is 7. The maximum atomic E-state index is 5.52. The summed E-state index contributed by atoms with van der Waals surface area (Å²) in [7, 11) is 1.67. The fourth-order valence-electron chi connectivity index (χ4n) is 2.06. The number of ether oxygens (including phenoxy) is 2. The molecular formula is C12H22N4O3. The van der Waals surface area contributed by atoms with E-state index in [0.717, 1.165) is 26.0 Å². The van der Waals surface area contributed by atoms with Gasteiger partial charge in [0.05, 0.1) is 19.3 Å². The van der Waals surface area contributed by atoms with Crippen molar-refractivity contribution in [1.82, 2.24) is 15.5 Å². The highest BCUT2D eigenvalue weighted by atomic mass is 16.5. The molecule has 2 rings (SSSR count). The van der Waals surface area contributed by atoms with Crippen LogP contribution in [-0.4, -0.2) is 49.2 Å². The lowest BCUT2D eigenvalue weighted by Gasteiger charge is -2.27. The topological polar surface area (TPSA) is 81.4 Å². The quantitative estimate of drug-likeness (QED) is 0.709. The molecule has 0 spiro atoms. The summed E-state index contributed by atoms with van der Waals surface area (Å²) in [6.07, 6.45) is 2.21. The first-order valence-electron chi connectivity index (χ1n) is 6.68. The van der Waals surface area contributed by atoms with Crippen molar-refractivity contribution >= 4 is 6.01 Å². The van der Waals surface area contributed by atoms with E-state index in [-0.39, 0.29) is 6.10 Å². The van der Waals surface area contributed by atoms with Crippen LogP contribution in [0.5, 0.6) is 0 Å². The van der Waals surface area contributed by atoms with Gasteiger partial charge in [0.1, 0.15) is 0 Å². The van der Waals surface area contributed by atoms with E-state index in [9.17, 15) is 0 Å². The first-order chi connectivity index (χ1) is 9.28.